The van der Waals surface area contributed by atoms with Crippen molar-refractivity contribution in [1.82, 2.24) is 4.31 Å². The number of rotatable bonds is 5. The number of sulfonamides is 1. The molecular formula is C20H22ClNO5S. The molecule has 0 saturated carbocycles. The second-order valence-electron chi connectivity index (χ2n) is 7.39. The molecule has 0 bridgehead atoms. The van der Waals surface area contributed by atoms with Crippen molar-refractivity contribution >= 4 is 21.6 Å². The summed E-state index contributed by atoms with van der Waals surface area (Å²) in [6.07, 6.45) is -0.352. The Morgan fingerprint density at radius 1 is 1.14 bits per heavy atom. The molecule has 6 nitrogen and oxygen atoms in total. The summed E-state index contributed by atoms with van der Waals surface area (Å²) < 4.78 is 33.0. The van der Waals surface area contributed by atoms with Gasteiger partial charge in [0, 0.05) is 18.1 Å². The lowest BCUT2D eigenvalue weighted by molar-refractivity contribution is -0.0849. The van der Waals surface area contributed by atoms with E-state index in [0.29, 0.717) is 5.02 Å². The fraction of sp³-hybridized carbons (Fsp3) is 0.400. The number of aliphatic hydroxyl groups is 2. The highest BCUT2D eigenvalue weighted by Crippen LogP contribution is 2.43. The lowest BCUT2D eigenvalue weighted by Gasteiger charge is -2.25. The first-order chi connectivity index (χ1) is 13.4. The molecule has 0 spiro atoms. The molecule has 0 unspecified atom stereocenters. The Balaban J connectivity index is 1.54. The van der Waals surface area contributed by atoms with Crippen molar-refractivity contribution < 1.29 is 23.4 Å². The zero-order valence-electron chi connectivity index (χ0n) is 15.2. The molecule has 3 atom stereocenters. The van der Waals surface area contributed by atoms with Crippen LogP contribution in [0.1, 0.15) is 12.0 Å². The summed E-state index contributed by atoms with van der Waals surface area (Å²) in [6, 6.07) is 15.2. The first kappa shape index (κ1) is 19.8. The van der Waals surface area contributed by atoms with Crippen LogP contribution in [0.4, 0.5) is 0 Å². The molecule has 2 heterocycles. The van der Waals surface area contributed by atoms with Crippen LogP contribution in [0.25, 0.3) is 11.1 Å². The second kappa shape index (κ2) is 7.40. The van der Waals surface area contributed by atoms with Gasteiger partial charge in [-0.25, -0.2) is 8.42 Å². The van der Waals surface area contributed by atoms with Crippen LogP contribution in [0, 0.1) is 0 Å². The summed E-state index contributed by atoms with van der Waals surface area (Å²) >= 11 is 6.04. The molecule has 2 aliphatic rings. The van der Waals surface area contributed by atoms with Gasteiger partial charge in [0.05, 0.1) is 19.3 Å². The molecule has 28 heavy (non-hydrogen) atoms. The number of aliphatic hydroxyl groups excluding tert-OH is 2. The van der Waals surface area contributed by atoms with E-state index in [9.17, 15) is 18.6 Å². The standard InChI is InChI=1S/C20H22ClNO5S/c21-17-3-1-2-16(8-17)15-6-4-14(5-7-15)10-22-12-20(13-24)19(28(22,25)26)9-18(11-23)27-20/h1-8,18-19,23-24H,9-13H2/t18-,19+,20-/m1/s1. The van der Waals surface area contributed by atoms with Gasteiger partial charge in [-0.2, -0.15) is 4.31 Å². The SMILES string of the molecule is O=S1(=O)[C@H]2C[C@H](CO)O[C@@]2(CO)CN1Cc1ccc(-c2cccc(Cl)c2)cc1. The van der Waals surface area contributed by atoms with Gasteiger partial charge in [0.15, 0.2) is 0 Å². The minimum absolute atomic E-state index is 0.0864. The van der Waals surface area contributed by atoms with E-state index >= 15 is 0 Å². The van der Waals surface area contributed by atoms with E-state index in [0.717, 1.165) is 16.7 Å². The Labute approximate surface area is 169 Å². The molecule has 2 saturated heterocycles. The lowest BCUT2D eigenvalue weighted by Crippen LogP contribution is -2.43. The molecule has 8 heteroatoms. The summed E-state index contributed by atoms with van der Waals surface area (Å²) in [5.74, 6) is 0. The monoisotopic (exact) mass is 423 g/mol. The Morgan fingerprint density at radius 2 is 1.89 bits per heavy atom. The molecule has 0 amide bonds. The highest BCUT2D eigenvalue weighted by atomic mass is 35.5. The topological polar surface area (TPSA) is 87.1 Å². The number of hydrogen-bond acceptors (Lipinski definition) is 5. The quantitative estimate of drug-likeness (QED) is 0.768. The van der Waals surface area contributed by atoms with Crippen LogP contribution < -0.4 is 0 Å². The van der Waals surface area contributed by atoms with Crippen molar-refractivity contribution in [3.63, 3.8) is 0 Å². The van der Waals surface area contributed by atoms with Crippen LogP contribution in [0.2, 0.25) is 5.02 Å². The fourth-order valence-corrected chi connectivity index (χ4v) is 6.61. The minimum Gasteiger partial charge on any atom is -0.394 e. The third kappa shape index (κ3) is 3.36. The van der Waals surface area contributed by atoms with Crippen LogP contribution in [0.15, 0.2) is 48.5 Å². The Hall–Kier alpha value is -1.48. The van der Waals surface area contributed by atoms with E-state index in [-0.39, 0.29) is 26.1 Å². The van der Waals surface area contributed by atoms with Gasteiger partial charge in [0.25, 0.3) is 0 Å². The predicted molar refractivity (Wildman–Crippen MR) is 106 cm³/mol. The van der Waals surface area contributed by atoms with E-state index in [4.69, 9.17) is 16.3 Å². The second-order valence-corrected chi connectivity index (χ2v) is 9.94. The van der Waals surface area contributed by atoms with Crippen molar-refractivity contribution in [2.24, 2.45) is 0 Å². The molecule has 0 aliphatic carbocycles. The van der Waals surface area contributed by atoms with Crippen LogP contribution >= 0.6 is 11.6 Å². The first-order valence-electron chi connectivity index (χ1n) is 9.11. The molecule has 0 radical (unpaired) electrons. The zero-order chi connectivity index (χ0) is 19.9. The van der Waals surface area contributed by atoms with Crippen LogP contribution in [-0.4, -0.2) is 59.6 Å². The number of hydrogen-bond donors (Lipinski definition) is 2. The lowest BCUT2D eigenvalue weighted by atomic mass is 10.00. The largest absolute Gasteiger partial charge is 0.394 e. The van der Waals surface area contributed by atoms with Gasteiger partial charge in [0.1, 0.15) is 10.9 Å². The Morgan fingerprint density at radius 3 is 2.50 bits per heavy atom. The molecule has 2 aromatic carbocycles. The summed E-state index contributed by atoms with van der Waals surface area (Å²) in [5.41, 5.74) is 1.67. The van der Waals surface area contributed by atoms with Gasteiger partial charge >= 0.3 is 0 Å². The van der Waals surface area contributed by atoms with E-state index in [1.807, 2.05) is 48.5 Å². The smallest absolute Gasteiger partial charge is 0.220 e. The summed E-state index contributed by atoms with van der Waals surface area (Å²) in [6.45, 7) is -0.344. The highest BCUT2D eigenvalue weighted by molar-refractivity contribution is 7.90. The maximum absolute atomic E-state index is 13.0. The number of benzene rings is 2. The number of halogens is 1. The van der Waals surface area contributed by atoms with Crippen LogP contribution in [0.3, 0.4) is 0 Å². The van der Waals surface area contributed by atoms with E-state index in [2.05, 4.69) is 0 Å². The maximum Gasteiger partial charge on any atom is 0.220 e. The molecule has 0 aromatic heterocycles. The third-order valence-electron chi connectivity index (χ3n) is 5.57. The van der Waals surface area contributed by atoms with Crippen molar-refractivity contribution in [3.8, 4) is 11.1 Å². The van der Waals surface area contributed by atoms with Crippen molar-refractivity contribution in [1.29, 1.82) is 0 Å². The van der Waals surface area contributed by atoms with Gasteiger partial charge < -0.3 is 14.9 Å². The number of fused-ring (bicyclic) bond motifs is 1. The van der Waals surface area contributed by atoms with Crippen LogP contribution in [0.5, 0.6) is 0 Å². The Kier molecular flexibility index (Phi) is 5.24. The van der Waals surface area contributed by atoms with Gasteiger partial charge in [-0.05, 0) is 35.2 Å². The number of nitrogens with zero attached hydrogens (tertiary/aromatic N) is 1. The van der Waals surface area contributed by atoms with Gasteiger partial charge in [-0.3, -0.25) is 0 Å². The van der Waals surface area contributed by atoms with Gasteiger partial charge in [0.2, 0.25) is 10.0 Å². The van der Waals surface area contributed by atoms with E-state index in [1.54, 1.807) is 0 Å². The molecule has 2 aromatic rings. The average molecular weight is 424 g/mol. The molecule has 150 valence electrons. The van der Waals surface area contributed by atoms with Gasteiger partial charge in [-0.15, -0.1) is 0 Å². The van der Waals surface area contributed by atoms with Crippen molar-refractivity contribution in [3.05, 3.63) is 59.1 Å². The van der Waals surface area contributed by atoms with Crippen molar-refractivity contribution in [2.75, 3.05) is 19.8 Å². The molecular weight excluding hydrogens is 402 g/mol. The molecule has 2 aliphatic heterocycles. The third-order valence-corrected chi connectivity index (χ3v) is 8.12. The fourth-order valence-electron chi connectivity index (χ4n) is 4.13. The van der Waals surface area contributed by atoms with Crippen LogP contribution in [-0.2, 0) is 21.3 Å². The zero-order valence-corrected chi connectivity index (χ0v) is 16.7. The average Bonchev–Trinajstić information content (AvgIpc) is 3.16. The Bertz CT molecular complexity index is 965. The normalized spacial score (nSPS) is 29.1. The summed E-state index contributed by atoms with van der Waals surface area (Å²) in [7, 11) is -3.62. The predicted octanol–water partition coefficient (Wildman–Crippen LogP) is 2.03. The highest BCUT2D eigenvalue weighted by Gasteiger charge is 2.62. The molecule has 4 rings (SSSR count). The molecule has 2 fully saturated rings. The van der Waals surface area contributed by atoms with E-state index in [1.165, 1.54) is 4.31 Å². The minimum atomic E-state index is -3.62. The summed E-state index contributed by atoms with van der Waals surface area (Å²) in [5, 5.41) is 19.0. The number of ether oxygens (including phenoxy) is 1. The van der Waals surface area contributed by atoms with Crippen molar-refractivity contribution in [2.45, 2.75) is 29.9 Å². The first-order valence-corrected chi connectivity index (χ1v) is 11.0. The van der Waals surface area contributed by atoms with Gasteiger partial charge in [-0.1, -0.05) is 48.0 Å². The maximum atomic E-state index is 13.0. The summed E-state index contributed by atoms with van der Waals surface area (Å²) in [4.78, 5) is 0. The molecule has 2 N–H and O–H groups in total. The van der Waals surface area contributed by atoms with E-state index < -0.39 is 33.6 Å².